The van der Waals surface area contributed by atoms with Crippen LogP contribution in [0.2, 0.25) is 5.02 Å². The number of aromatic nitrogens is 2. The van der Waals surface area contributed by atoms with Gasteiger partial charge in [-0.25, -0.2) is 0 Å². The molecule has 1 aromatic carbocycles. The molecule has 1 N–H and O–H groups in total. The van der Waals surface area contributed by atoms with E-state index in [-0.39, 0.29) is 12.7 Å². The molecule has 0 bridgehead atoms. The van der Waals surface area contributed by atoms with Gasteiger partial charge in [0.25, 0.3) is 5.91 Å². The van der Waals surface area contributed by atoms with Crippen molar-refractivity contribution in [3.05, 3.63) is 22.7 Å². The van der Waals surface area contributed by atoms with Crippen molar-refractivity contribution in [1.82, 2.24) is 10.2 Å². The van der Waals surface area contributed by atoms with Crippen molar-refractivity contribution in [3.63, 3.8) is 0 Å². The first-order valence-corrected chi connectivity index (χ1v) is 10.2. The van der Waals surface area contributed by atoms with E-state index >= 15 is 0 Å². The molecule has 1 aromatic heterocycles. The molecule has 2 aromatic rings. The van der Waals surface area contributed by atoms with Crippen molar-refractivity contribution in [2.75, 3.05) is 17.9 Å². The van der Waals surface area contributed by atoms with Gasteiger partial charge in [-0.15, -0.1) is 10.2 Å². The van der Waals surface area contributed by atoms with E-state index in [1.807, 2.05) is 0 Å². The van der Waals surface area contributed by atoms with Crippen LogP contribution in [0.1, 0.15) is 36.0 Å². The Morgan fingerprint density at radius 3 is 2.84 bits per heavy atom. The van der Waals surface area contributed by atoms with E-state index in [4.69, 9.17) is 21.1 Å². The van der Waals surface area contributed by atoms with E-state index in [0.717, 1.165) is 16.0 Å². The minimum Gasteiger partial charge on any atom is -0.454 e. The molecule has 0 radical (unpaired) electrons. The Hall–Kier alpha value is -1.51. The van der Waals surface area contributed by atoms with Gasteiger partial charge < -0.3 is 9.47 Å². The Morgan fingerprint density at radius 2 is 2.04 bits per heavy atom. The summed E-state index contributed by atoms with van der Waals surface area (Å²) in [5.74, 6) is 2.56. The SMILES string of the molecule is O=C(Nc1nnc(SCC2CCCC2)s1)c1cc2c(cc1Cl)OCO2. The molecule has 132 valence electrons. The fourth-order valence-corrected chi connectivity index (χ4v) is 5.14. The minimum absolute atomic E-state index is 0.134. The van der Waals surface area contributed by atoms with Crippen LogP contribution in [0.4, 0.5) is 5.13 Å². The third-order valence-electron chi connectivity index (χ3n) is 4.25. The number of hydrogen-bond donors (Lipinski definition) is 1. The molecular weight excluding hydrogens is 382 g/mol. The lowest BCUT2D eigenvalue weighted by atomic mass is 10.1. The zero-order valence-electron chi connectivity index (χ0n) is 13.3. The maximum absolute atomic E-state index is 12.5. The summed E-state index contributed by atoms with van der Waals surface area (Å²) in [6.07, 6.45) is 5.27. The van der Waals surface area contributed by atoms with Gasteiger partial charge in [-0.05, 0) is 24.8 Å². The maximum atomic E-state index is 12.5. The third-order valence-corrected chi connectivity index (χ3v) is 6.77. The van der Waals surface area contributed by atoms with Gasteiger partial charge in [0, 0.05) is 11.8 Å². The highest BCUT2D eigenvalue weighted by Gasteiger charge is 2.21. The molecule has 2 aliphatic rings. The van der Waals surface area contributed by atoms with Crippen LogP contribution < -0.4 is 14.8 Å². The predicted molar refractivity (Wildman–Crippen MR) is 98.1 cm³/mol. The summed E-state index contributed by atoms with van der Waals surface area (Å²) in [4.78, 5) is 12.5. The van der Waals surface area contributed by atoms with Crippen molar-refractivity contribution in [1.29, 1.82) is 0 Å². The van der Waals surface area contributed by atoms with E-state index in [1.54, 1.807) is 23.9 Å². The molecule has 1 saturated carbocycles. The topological polar surface area (TPSA) is 73.3 Å². The smallest absolute Gasteiger partial charge is 0.259 e. The molecule has 4 rings (SSSR count). The van der Waals surface area contributed by atoms with Crippen molar-refractivity contribution in [3.8, 4) is 11.5 Å². The van der Waals surface area contributed by atoms with Crippen molar-refractivity contribution in [2.24, 2.45) is 5.92 Å². The normalized spacial score (nSPS) is 16.4. The molecule has 1 aliphatic carbocycles. The number of fused-ring (bicyclic) bond motifs is 1. The summed E-state index contributed by atoms with van der Waals surface area (Å²) in [6, 6.07) is 3.17. The molecule has 1 amide bonds. The summed E-state index contributed by atoms with van der Waals surface area (Å²) in [7, 11) is 0. The number of nitrogens with one attached hydrogen (secondary N) is 1. The first kappa shape index (κ1) is 16.9. The Labute approximate surface area is 158 Å². The monoisotopic (exact) mass is 397 g/mol. The predicted octanol–water partition coefficient (Wildman–Crippen LogP) is 4.45. The van der Waals surface area contributed by atoms with Gasteiger partial charge in [-0.3, -0.25) is 10.1 Å². The summed E-state index contributed by atoms with van der Waals surface area (Å²) in [5, 5.41) is 11.7. The molecule has 25 heavy (non-hydrogen) atoms. The average Bonchev–Trinajstić information content (AvgIpc) is 3.33. The molecule has 2 heterocycles. The van der Waals surface area contributed by atoms with Gasteiger partial charge >= 0.3 is 0 Å². The summed E-state index contributed by atoms with van der Waals surface area (Å²) in [6.45, 7) is 0.134. The highest BCUT2D eigenvalue weighted by atomic mass is 35.5. The Bertz CT molecular complexity index is 793. The molecule has 1 fully saturated rings. The highest BCUT2D eigenvalue weighted by Crippen LogP contribution is 2.37. The summed E-state index contributed by atoms with van der Waals surface area (Å²) in [5.41, 5.74) is 0.321. The van der Waals surface area contributed by atoms with Gasteiger partial charge in [-0.1, -0.05) is 47.5 Å². The quantitative estimate of drug-likeness (QED) is 0.593. The van der Waals surface area contributed by atoms with E-state index in [9.17, 15) is 4.79 Å². The zero-order chi connectivity index (χ0) is 17.2. The van der Waals surface area contributed by atoms with Crippen LogP contribution in [0, 0.1) is 5.92 Å². The van der Waals surface area contributed by atoms with E-state index < -0.39 is 0 Å². The van der Waals surface area contributed by atoms with E-state index in [2.05, 4.69) is 15.5 Å². The number of amides is 1. The lowest BCUT2D eigenvalue weighted by Crippen LogP contribution is -2.12. The number of nitrogens with zero attached hydrogens (tertiary/aromatic N) is 2. The Balaban J connectivity index is 1.39. The summed E-state index contributed by atoms with van der Waals surface area (Å²) < 4.78 is 11.4. The lowest BCUT2D eigenvalue weighted by molar-refractivity contribution is 0.102. The van der Waals surface area contributed by atoms with Gasteiger partial charge in [0.15, 0.2) is 15.8 Å². The number of carbonyl (C=O) groups is 1. The van der Waals surface area contributed by atoms with Crippen LogP contribution in [0.3, 0.4) is 0 Å². The van der Waals surface area contributed by atoms with Crippen LogP contribution in [0.5, 0.6) is 11.5 Å². The number of anilines is 1. The molecular formula is C16H16ClN3O3S2. The van der Waals surface area contributed by atoms with E-state index in [0.29, 0.717) is 27.2 Å². The average molecular weight is 398 g/mol. The fraction of sp³-hybridized carbons (Fsp3) is 0.438. The second-order valence-electron chi connectivity index (χ2n) is 5.97. The molecule has 0 spiro atoms. The fourth-order valence-electron chi connectivity index (χ4n) is 2.94. The first-order chi connectivity index (χ1) is 12.2. The van der Waals surface area contributed by atoms with Gasteiger partial charge in [0.2, 0.25) is 11.9 Å². The second kappa shape index (κ2) is 7.39. The number of thioether (sulfide) groups is 1. The van der Waals surface area contributed by atoms with E-state index in [1.165, 1.54) is 37.0 Å². The van der Waals surface area contributed by atoms with Crippen LogP contribution >= 0.6 is 34.7 Å². The number of carbonyl (C=O) groups excluding carboxylic acids is 1. The maximum Gasteiger partial charge on any atom is 0.259 e. The molecule has 6 nitrogen and oxygen atoms in total. The molecule has 9 heteroatoms. The van der Waals surface area contributed by atoms with Gasteiger partial charge in [-0.2, -0.15) is 0 Å². The number of ether oxygens (including phenoxy) is 2. The zero-order valence-corrected chi connectivity index (χ0v) is 15.7. The molecule has 0 saturated heterocycles. The Morgan fingerprint density at radius 1 is 1.28 bits per heavy atom. The van der Waals surface area contributed by atoms with Crippen molar-refractivity contribution < 1.29 is 14.3 Å². The second-order valence-corrected chi connectivity index (χ2v) is 8.63. The number of hydrogen-bond acceptors (Lipinski definition) is 7. The largest absolute Gasteiger partial charge is 0.454 e. The molecule has 0 unspecified atom stereocenters. The van der Waals surface area contributed by atoms with Crippen LogP contribution in [-0.4, -0.2) is 28.7 Å². The van der Waals surface area contributed by atoms with Crippen LogP contribution in [-0.2, 0) is 0 Å². The van der Waals surface area contributed by atoms with Crippen molar-refractivity contribution >= 4 is 45.7 Å². The third kappa shape index (κ3) is 3.86. The number of benzene rings is 1. The minimum atomic E-state index is -0.341. The van der Waals surface area contributed by atoms with Crippen molar-refractivity contribution in [2.45, 2.75) is 30.0 Å². The molecule has 0 atom stereocenters. The summed E-state index contributed by atoms with van der Waals surface area (Å²) >= 11 is 9.26. The molecule has 1 aliphatic heterocycles. The standard InChI is InChI=1S/C16H16ClN3O3S2/c17-11-6-13-12(22-8-23-13)5-10(11)14(21)18-15-19-20-16(25-15)24-7-9-3-1-2-4-9/h5-6,9H,1-4,7-8H2,(H,18,19,21). The van der Waals surface area contributed by atoms with Crippen LogP contribution in [0.25, 0.3) is 0 Å². The first-order valence-electron chi connectivity index (χ1n) is 8.06. The van der Waals surface area contributed by atoms with Crippen LogP contribution in [0.15, 0.2) is 16.5 Å². The van der Waals surface area contributed by atoms with Gasteiger partial charge in [0.05, 0.1) is 10.6 Å². The number of halogens is 1. The highest BCUT2D eigenvalue weighted by molar-refractivity contribution is 8.01. The number of rotatable bonds is 5. The lowest BCUT2D eigenvalue weighted by Gasteiger charge is -2.05. The van der Waals surface area contributed by atoms with Gasteiger partial charge in [0.1, 0.15) is 0 Å². The Kier molecular flexibility index (Phi) is 5.00.